The summed E-state index contributed by atoms with van der Waals surface area (Å²) in [6.07, 6.45) is 0.297. The van der Waals surface area contributed by atoms with Crippen LogP contribution >= 0.6 is 0 Å². The number of nitrogens with one attached hydrogen (secondary N) is 1. The van der Waals surface area contributed by atoms with Crippen LogP contribution in [0.25, 0.3) is 0 Å². The van der Waals surface area contributed by atoms with Crippen LogP contribution in [0, 0.1) is 0 Å². The van der Waals surface area contributed by atoms with Gasteiger partial charge in [0.1, 0.15) is 31.7 Å². The minimum absolute atomic E-state index is 0.230. The van der Waals surface area contributed by atoms with E-state index >= 15 is 0 Å². The van der Waals surface area contributed by atoms with Crippen LogP contribution in [0.15, 0.2) is 48.5 Å². The van der Waals surface area contributed by atoms with Gasteiger partial charge in [0.05, 0.1) is 0 Å². The fraction of sp³-hybridized carbons (Fsp3) is 0.400. The SMILES string of the molecule is CC(Cc1ccc2c(c1)OCCO2)NC[C@H](O)COc1ccccc1. The summed E-state index contributed by atoms with van der Waals surface area (Å²) in [4.78, 5) is 0. The molecule has 25 heavy (non-hydrogen) atoms. The van der Waals surface area contributed by atoms with Crippen molar-refractivity contribution in [3.8, 4) is 17.2 Å². The van der Waals surface area contributed by atoms with Gasteiger partial charge in [-0.2, -0.15) is 0 Å². The van der Waals surface area contributed by atoms with Gasteiger partial charge in [0.25, 0.3) is 0 Å². The highest BCUT2D eigenvalue weighted by atomic mass is 16.6. The number of benzene rings is 2. The lowest BCUT2D eigenvalue weighted by Gasteiger charge is -2.21. The zero-order chi connectivity index (χ0) is 17.5. The largest absolute Gasteiger partial charge is 0.491 e. The van der Waals surface area contributed by atoms with Gasteiger partial charge in [-0.1, -0.05) is 24.3 Å². The van der Waals surface area contributed by atoms with Crippen molar-refractivity contribution in [2.45, 2.75) is 25.5 Å². The maximum atomic E-state index is 10.1. The summed E-state index contributed by atoms with van der Waals surface area (Å²) in [5, 5.41) is 13.4. The molecule has 1 unspecified atom stereocenters. The molecule has 0 radical (unpaired) electrons. The Morgan fingerprint density at radius 3 is 2.64 bits per heavy atom. The molecule has 0 fully saturated rings. The fourth-order valence-electron chi connectivity index (χ4n) is 2.75. The lowest BCUT2D eigenvalue weighted by molar-refractivity contribution is 0.104. The van der Waals surface area contributed by atoms with Crippen LogP contribution in [-0.2, 0) is 6.42 Å². The first-order chi connectivity index (χ1) is 12.2. The summed E-state index contributed by atoms with van der Waals surface area (Å²) in [6, 6.07) is 15.8. The quantitative estimate of drug-likeness (QED) is 0.771. The van der Waals surface area contributed by atoms with Crippen LogP contribution in [0.5, 0.6) is 17.2 Å². The number of ether oxygens (including phenoxy) is 3. The van der Waals surface area contributed by atoms with E-state index in [-0.39, 0.29) is 12.6 Å². The van der Waals surface area contributed by atoms with E-state index in [2.05, 4.69) is 18.3 Å². The summed E-state index contributed by atoms with van der Waals surface area (Å²) >= 11 is 0. The molecule has 1 heterocycles. The smallest absolute Gasteiger partial charge is 0.161 e. The maximum Gasteiger partial charge on any atom is 0.161 e. The Bertz CT molecular complexity index is 662. The van der Waals surface area contributed by atoms with Crippen molar-refractivity contribution in [3.05, 3.63) is 54.1 Å². The summed E-state index contributed by atoms with van der Waals surface area (Å²) in [6.45, 7) is 4.05. The Morgan fingerprint density at radius 2 is 1.84 bits per heavy atom. The molecular formula is C20H25NO4. The Hall–Kier alpha value is -2.24. The van der Waals surface area contributed by atoms with Gasteiger partial charge in [-0.3, -0.25) is 0 Å². The minimum atomic E-state index is -0.553. The molecule has 2 atom stereocenters. The van der Waals surface area contributed by atoms with E-state index in [1.54, 1.807) is 0 Å². The molecule has 3 rings (SSSR count). The summed E-state index contributed by atoms with van der Waals surface area (Å²) in [7, 11) is 0. The third-order valence-corrected chi connectivity index (χ3v) is 4.04. The topological polar surface area (TPSA) is 60.0 Å². The molecule has 0 aromatic heterocycles. The summed E-state index contributed by atoms with van der Waals surface area (Å²) < 4.78 is 16.7. The number of hydrogen-bond donors (Lipinski definition) is 2. The number of para-hydroxylation sites is 1. The van der Waals surface area contributed by atoms with Gasteiger partial charge in [-0.05, 0) is 43.2 Å². The average Bonchev–Trinajstić information content (AvgIpc) is 2.65. The minimum Gasteiger partial charge on any atom is -0.491 e. The molecule has 0 aliphatic carbocycles. The zero-order valence-corrected chi connectivity index (χ0v) is 14.5. The lowest BCUT2D eigenvalue weighted by atomic mass is 10.1. The molecule has 5 heteroatoms. The first kappa shape index (κ1) is 17.6. The van der Waals surface area contributed by atoms with Crippen molar-refractivity contribution in [3.63, 3.8) is 0 Å². The molecule has 0 saturated carbocycles. The van der Waals surface area contributed by atoms with Crippen LogP contribution in [0.3, 0.4) is 0 Å². The highest BCUT2D eigenvalue weighted by Gasteiger charge is 2.13. The first-order valence-electron chi connectivity index (χ1n) is 8.68. The van der Waals surface area contributed by atoms with E-state index in [9.17, 15) is 5.11 Å². The predicted octanol–water partition coefficient (Wildman–Crippen LogP) is 2.42. The first-order valence-corrected chi connectivity index (χ1v) is 8.68. The average molecular weight is 343 g/mol. The predicted molar refractivity (Wildman–Crippen MR) is 96.5 cm³/mol. The Balaban J connectivity index is 1.41. The van der Waals surface area contributed by atoms with Crippen LogP contribution < -0.4 is 19.5 Å². The van der Waals surface area contributed by atoms with E-state index in [0.717, 1.165) is 23.7 Å². The molecule has 134 valence electrons. The molecule has 5 nitrogen and oxygen atoms in total. The molecule has 0 amide bonds. The molecule has 0 spiro atoms. The fourth-order valence-corrected chi connectivity index (χ4v) is 2.75. The zero-order valence-electron chi connectivity index (χ0n) is 14.5. The molecule has 2 aromatic rings. The van der Waals surface area contributed by atoms with Gasteiger partial charge >= 0.3 is 0 Å². The van der Waals surface area contributed by atoms with Gasteiger partial charge in [0, 0.05) is 12.6 Å². The number of aliphatic hydroxyl groups is 1. The monoisotopic (exact) mass is 343 g/mol. The van der Waals surface area contributed by atoms with Crippen molar-refractivity contribution in [1.82, 2.24) is 5.32 Å². The highest BCUT2D eigenvalue weighted by Crippen LogP contribution is 2.31. The highest BCUT2D eigenvalue weighted by molar-refractivity contribution is 5.44. The van der Waals surface area contributed by atoms with Gasteiger partial charge in [0.2, 0.25) is 0 Å². The second-order valence-corrected chi connectivity index (χ2v) is 6.27. The van der Waals surface area contributed by atoms with Crippen molar-refractivity contribution in [2.24, 2.45) is 0 Å². The van der Waals surface area contributed by atoms with Crippen LogP contribution in [0.4, 0.5) is 0 Å². The standard InChI is InChI=1S/C20H25NO4/c1-15(11-16-7-8-19-20(12-16)24-10-9-23-19)21-13-17(22)14-25-18-5-3-2-4-6-18/h2-8,12,15,17,21-22H,9-11,13-14H2,1H3/t15?,17-/m0/s1. The summed E-state index contributed by atoms with van der Waals surface area (Å²) in [5.41, 5.74) is 1.18. The van der Waals surface area contributed by atoms with E-state index in [1.165, 1.54) is 5.56 Å². The molecule has 0 saturated heterocycles. The summed E-state index contributed by atoms with van der Waals surface area (Å²) in [5.74, 6) is 2.39. The second kappa shape index (κ2) is 8.74. The van der Waals surface area contributed by atoms with Gasteiger partial charge in [-0.15, -0.1) is 0 Å². The van der Waals surface area contributed by atoms with E-state index in [1.807, 2.05) is 42.5 Å². The van der Waals surface area contributed by atoms with Crippen molar-refractivity contribution < 1.29 is 19.3 Å². The molecule has 1 aliphatic heterocycles. The Labute approximate surface area is 148 Å². The van der Waals surface area contributed by atoms with Crippen LogP contribution in [-0.4, -0.2) is 43.6 Å². The van der Waals surface area contributed by atoms with E-state index in [0.29, 0.717) is 19.8 Å². The van der Waals surface area contributed by atoms with E-state index < -0.39 is 6.10 Å². The maximum absolute atomic E-state index is 10.1. The number of hydrogen-bond acceptors (Lipinski definition) is 5. The number of fused-ring (bicyclic) bond motifs is 1. The molecule has 2 aromatic carbocycles. The molecule has 0 bridgehead atoms. The molecule has 1 aliphatic rings. The third-order valence-electron chi connectivity index (χ3n) is 4.04. The van der Waals surface area contributed by atoms with Gasteiger partial charge in [-0.25, -0.2) is 0 Å². The van der Waals surface area contributed by atoms with Crippen molar-refractivity contribution in [2.75, 3.05) is 26.4 Å². The Kier molecular flexibility index (Phi) is 6.14. The Morgan fingerprint density at radius 1 is 1.08 bits per heavy atom. The van der Waals surface area contributed by atoms with Crippen molar-refractivity contribution in [1.29, 1.82) is 0 Å². The van der Waals surface area contributed by atoms with Crippen molar-refractivity contribution >= 4 is 0 Å². The molecular weight excluding hydrogens is 318 g/mol. The second-order valence-electron chi connectivity index (χ2n) is 6.27. The normalized spacial score (nSPS) is 15.4. The van der Waals surface area contributed by atoms with E-state index in [4.69, 9.17) is 14.2 Å². The van der Waals surface area contributed by atoms with Gasteiger partial charge < -0.3 is 24.6 Å². The molecule has 2 N–H and O–H groups in total. The van der Waals surface area contributed by atoms with Crippen LogP contribution in [0.2, 0.25) is 0 Å². The number of aliphatic hydroxyl groups excluding tert-OH is 1. The third kappa shape index (κ3) is 5.37. The van der Waals surface area contributed by atoms with Gasteiger partial charge in [0.15, 0.2) is 11.5 Å². The lowest BCUT2D eigenvalue weighted by Crippen LogP contribution is -2.37. The number of rotatable bonds is 8. The van der Waals surface area contributed by atoms with Crippen LogP contribution in [0.1, 0.15) is 12.5 Å².